The van der Waals surface area contributed by atoms with E-state index in [4.69, 9.17) is 14.3 Å². The summed E-state index contributed by atoms with van der Waals surface area (Å²) in [5.41, 5.74) is 4.65. The molecule has 3 aromatic rings. The second-order valence-electron chi connectivity index (χ2n) is 7.37. The number of carboxylic acids is 1. The van der Waals surface area contributed by atoms with Gasteiger partial charge >= 0.3 is 11.9 Å². The molecule has 1 heterocycles. The predicted molar refractivity (Wildman–Crippen MR) is 111 cm³/mol. The Bertz CT molecular complexity index is 982. The van der Waals surface area contributed by atoms with E-state index in [1.165, 1.54) is 11.1 Å². The normalized spacial score (nSPS) is 13.5. The van der Waals surface area contributed by atoms with Crippen molar-refractivity contribution >= 4 is 11.9 Å². The van der Waals surface area contributed by atoms with E-state index in [0.29, 0.717) is 12.2 Å². The molecule has 0 radical (unpaired) electrons. The molecule has 1 atom stereocenters. The number of hydrogen-bond donors (Lipinski definition) is 2. The molecule has 2 aromatic carbocycles. The minimum atomic E-state index is -0.938. The Morgan fingerprint density at radius 1 is 1.00 bits per heavy atom. The molecule has 0 fully saturated rings. The van der Waals surface area contributed by atoms with Crippen LogP contribution in [0.25, 0.3) is 11.1 Å². The lowest BCUT2D eigenvalue weighted by Crippen LogP contribution is -2.37. The van der Waals surface area contributed by atoms with Gasteiger partial charge < -0.3 is 19.6 Å². The van der Waals surface area contributed by atoms with Crippen molar-refractivity contribution in [1.29, 1.82) is 0 Å². The molecule has 4 rings (SSSR count). The van der Waals surface area contributed by atoms with Gasteiger partial charge in [0.15, 0.2) is 0 Å². The number of carbonyl (C=O) groups excluding carboxylic acids is 1. The minimum Gasteiger partial charge on any atom is -0.481 e. The molecule has 1 aliphatic rings. The second kappa shape index (κ2) is 8.97. The Balaban J connectivity index is 1.36. The third kappa shape index (κ3) is 4.44. The van der Waals surface area contributed by atoms with E-state index in [-0.39, 0.29) is 25.5 Å². The van der Waals surface area contributed by atoms with Gasteiger partial charge in [-0.2, -0.15) is 0 Å². The number of nitrogens with one attached hydrogen (secondary N) is 1. The Morgan fingerprint density at radius 3 is 2.27 bits per heavy atom. The summed E-state index contributed by atoms with van der Waals surface area (Å²) >= 11 is 0. The highest BCUT2D eigenvalue weighted by atomic mass is 16.5. The maximum Gasteiger partial charge on any atom is 0.319 e. The third-order valence-corrected chi connectivity index (χ3v) is 5.36. The summed E-state index contributed by atoms with van der Waals surface area (Å²) in [6.07, 6.45) is 1.81. The van der Waals surface area contributed by atoms with Gasteiger partial charge in [-0.3, -0.25) is 9.59 Å². The molecule has 1 aliphatic carbocycles. The molecule has 0 bridgehead atoms. The lowest BCUT2D eigenvalue weighted by molar-refractivity contribution is -0.143. The average molecular weight is 405 g/mol. The molecule has 1 unspecified atom stereocenters. The van der Waals surface area contributed by atoms with E-state index in [0.717, 1.165) is 11.1 Å². The predicted octanol–water partition coefficient (Wildman–Crippen LogP) is 3.61. The number of carbonyl (C=O) groups is 2. The third-order valence-electron chi connectivity index (χ3n) is 5.36. The van der Waals surface area contributed by atoms with Gasteiger partial charge in [0.05, 0.1) is 19.2 Å². The molecule has 0 saturated carbocycles. The molecule has 30 heavy (non-hydrogen) atoms. The van der Waals surface area contributed by atoms with Crippen LogP contribution in [0, 0.1) is 0 Å². The molecule has 0 aliphatic heterocycles. The second-order valence-corrected chi connectivity index (χ2v) is 7.37. The topological polar surface area (TPSA) is 88.8 Å². The lowest BCUT2D eigenvalue weighted by atomic mass is 9.98. The number of fused-ring (bicyclic) bond motifs is 3. The van der Waals surface area contributed by atoms with Crippen molar-refractivity contribution in [2.75, 3.05) is 13.2 Å². The van der Waals surface area contributed by atoms with Gasteiger partial charge in [-0.1, -0.05) is 48.5 Å². The van der Waals surface area contributed by atoms with E-state index in [1.54, 1.807) is 18.4 Å². The highest BCUT2D eigenvalue weighted by Gasteiger charge is 2.29. The van der Waals surface area contributed by atoms with Crippen LogP contribution in [-0.4, -0.2) is 36.2 Å². The van der Waals surface area contributed by atoms with Crippen LogP contribution in [0.3, 0.4) is 0 Å². The van der Waals surface area contributed by atoms with Crippen LogP contribution in [-0.2, 0) is 20.7 Å². The number of carboxylic acid groups (broad SMARTS) is 1. The molecule has 6 nitrogen and oxygen atoms in total. The molecule has 6 heteroatoms. The monoisotopic (exact) mass is 405 g/mol. The zero-order chi connectivity index (χ0) is 20.9. The van der Waals surface area contributed by atoms with Crippen molar-refractivity contribution in [2.45, 2.75) is 24.8 Å². The van der Waals surface area contributed by atoms with E-state index in [2.05, 4.69) is 29.6 Å². The Kier molecular flexibility index (Phi) is 5.95. The zero-order valence-corrected chi connectivity index (χ0v) is 16.4. The summed E-state index contributed by atoms with van der Waals surface area (Å²) in [5.74, 6) is -0.682. The quantitative estimate of drug-likeness (QED) is 0.529. The summed E-state index contributed by atoms with van der Waals surface area (Å²) in [4.78, 5) is 23.5. The lowest BCUT2D eigenvalue weighted by Gasteiger charge is -2.17. The number of ether oxygens (including phenoxy) is 1. The maximum absolute atomic E-state index is 12.4. The largest absolute Gasteiger partial charge is 0.481 e. The fourth-order valence-corrected chi connectivity index (χ4v) is 3.99. The highest BCUT2D eigenvalue weighted by molar-refractivity contribution is 5.79. The Morgan fingerprint density at radius 2 is 1.67 bits per heavy atom. The highest BCUT2D eigenvalue weighted by Crippen LogP contribution is 2.44. The summed E-state index contributed by atoms with van der Waals surface area (Å²) in [7, 11) is 0. The van der Waals surface area contributed by atoms with Crippen LogP contribution in [0.2, 0.25) is 0 Å². The fraction of sp³-hybridized carbons (Fsp3) is 0.250. The molecular formula is C24H23NO5. The van der Waals surface area contributed by atoms with Gasteiger partial charge in [0.25, 0.3) is 0 Å². The Hall–Kier alpha value is -3.38. The zero-order valence-electron chi connectivity index (χ0n) is 16.4. The van der Waals surface area contributed by atoms with Gasteiger partial charge in [0.1, 0.15) is 12.4 Å². The van der Waals surface area contributed by atoms with Crippen LogP contribution in [0.1, 0.15) is 29.2 Å². The first-order valence-electron chi connectivity index (χ1n) is 9.93. The summed E-state index contributed by atoms with van der Waals surface area (Å²) in [5, 5.41) is 12.1. The van der Waals surface area contributed by atoms with Crippen molar-refractivity contribution in [3.05, 3.63) is 83.8 Å². The Labute approximate surface area is 174 Å². The van der Waals surface area contributed by atoms with E-state index >= 15 is 0 Å². The standard InChI is InChI=1S/C24H23NO5/c26-23(27)13-16(12-17-6-5-11-29-17)25-14-24(28)30-15-22-20-9-3-1-7-18(20)19-8-2-4-10-21(19)22/h1-11,16,22,25H,12-15H2,(H,26,27). The number of aliphatic carboxylic acids is 1. The van der Waals surface area contributed by atoms with Gasteiger partial charge in [0.2, 0.25) is 0 Å². The van der Waals surface area contributed by atoms with Crippen molar-refractivity contribution in [3.8, 4) is 11.1 Å². The first-order chi connectivity index (χ1) is 14.6. The summed E-state index contributed by atoms with van der Waals surface area (Å²) < 4.78 is 10.8. The minimum absolute atomic E-state index is 0.000662. The van der Waals surface area contributed by atoms with Crippen molar-refractivity contribution in [3.63, 3.8) is 0 Å². The van der Waals surface area contributed by atoms with Gasteiger partial charge in [-0.05, 0) is 34.4 Å². The van der Waals surface area contributed by atoms with E-state index in [1.807, 2.05) is 24.3 Å². The van der Waals surface area contributed by atoms with E-state index < -0.39 is 18.0 Å². The van der Waals surface area contributed by atoms with Crippen molar-refractivity contribution in [1.82, 2.24) is 5.32 Å². The SMILES string of the molecule is O=C(O)CC(Cc1ccco1)NCC(=O)OCC1c2ccccc2-c2ccccc21. The number of hydrogen-bond acceptors (Lipinski definition) is 5. The molecular weight excluding hydrogens is 382 g/mol. The van der Waals surface area contributed by atoms with Gasteiger partial charge in [-0.25, -0.2) is 0 Å². The first-order valence-corrected chi connectivity index (χ1v) is 9.93. The number of rotatable bonds is 9. The van der Waals surface area contributed by atoms with Crippen LogP contribution < -0.4 is 5.32 Å². The van der Waals surface area contributed by atoms with Crippen LogP contribution in [0.5, 0.6) is 0 Å². The summed E-state index contributed by atoms with van der Waals surface area (Å²) in [6.45, 7) is 0.186. The van der Waals surface area contributed by atoms with Gasteiger partial charge in [0, 0.05) is 18.4 Å². The molecule has 1 aromatic heterocycles. The molecule has 0 spiro atoms. The van der Waals surface area contributed by atoms with Crippen molar-refractivity contribution < 1.29 is 23.8 Å². The van der Waals surface area contributed by atoms with Gasteiger partial charge in [-0.15, -0.1) is 0 Å². The smallest absolute Gasteiger partial charge is 0.319 e. The summed E-state index contributed by atoms with van der Waals surface area (Å²) in [6, 6.07) is 19.4. The van der Waals surface area contributed by atoms with Crippen LogP contribution in [0.4, 0.5) is 0 Å². The molecule has 0 amide bonds. The molecule has 2 N–H and O–H groups in total. The van der Waals surface area contributed by atoms with Crippen LogP contribution in [0.15, 0.2) is 71.3 Å². The average Bonchev–Trinajstić information content (AvgIpc) is 3.36. The fourth-order valence-electron chi connectivity index (χ4n) is 3.99. The molecule has 154 valence electrons. The number of esters is 1. The van der Waals surface area contributed by atoms with Crippen molar-refractivity contribution in [2.24, 2.45) is 0 Å². The van der Waals surface area contributed by atoms with Crippen LogP contribution >= 0.6 is 0 Å². The maximum atomic E-state index is 12.4. The number of furan rings is 1. The number of benzene rings is 2. The first kappa shape index (κ1) is 19.9. The van der Waals surface area contributed by atoms with E-state index in [9.17, 15) is 9.59 Å². The molecule has 0 saturated heterocycles.